The van der Waals surface area contributed by atoms with Crippen LogP contribution in [0.25, 0.3) is 5.69 Å². The summed E-state index contributed by atoms with van der Waals surface area (Å²) >= 11 is 5.05. The number of nitrogens with zero attached hydrogens (tertiary/aromatic N) is 4. The fraction of sp³-hybridized carbons (Fsp3) is 0.333. The number of carbonyl (C=O) groups is 1. The number of H-pyrrole nitrogens is 1. The number of rotatable bonds is 3. The number of aromatic nitrogens is 4. The van der Waals surface area contributed by atoms with E-state index < -0.39 is 12.0 Å². The summed E-state index contributed by atoms with van der Waals surface area (Å²) in [6, 6.07) is 6.86. The fourth-order valence-electron chi connectivity index (χ4n) is 2.50. The molecule has 1 fully saturated rings. The van der Waals surface area contributed by atoms with Crippen LogP contribution < -0.4 is 10.0 Å². The van der Waals surface area contributed by atoms with Gasteiger partial charge in [0.1, 0.15) is 0 Å². The topological polar surface area (TPSA) is 89.9 Å². The van der Waals surface area contributed by atoms with Gasteiger partial charge in [0.05, 0.1) is 17.7 Å². The van der Waals surface area contributed by atoms with Gasteiger partial charge >= 0.3 is 0 Å². The van der Waals surface area contributed by atoms with Gasteiger partial charge in [-0.05, 0) is 43.3 Å². The van der Waals surface area contributed by atoms with Gasteiger partial charge in [0.25, 0.3) is 0 Å². The predicted octanol–water partition coefficient (Wildman–Crippen LogP) is 0.0436. The molecular weight excluding hydrogens is 278 g/mol. The van der Waals surface area contributed by atoms with Gasteiger partial charge in [-0.2, -0.15) is 5.21 Å². The van der Waals surface area contributed by atoms with Crippen molar-refractivity contribution in [1.82, 2.24) is 20.2 Å². The van der Waals surface area contributed by atoms with Crippen molar-refractivity contribution in [3.8, 4) is 5.69 Å². The number of carboxylic acids is 1. The minimum absolute atomic E-state index is 0.319. The lowest BCUT2D eigenvalue weighted by molar-refractivity contribution is -0.307. The molecule has 1 saturated heterocycles. The molecule has 1 aliphatic heterocycles. The van der Waals surface area contributed by atoms with Crippen molar-refractivity contribution in [2.24, 2.45) is 0 Å². The van der Waals surface area contributed by atoms with Crippen LogP contribution >= 0.6 is 12.2 Å². The third-order valence-corrected chi connectivity index (χ3v) is 3.68. The lowest BCUT2D eigenvalue weighted by Gasteiger charge is -2.27. The molecule has 0 saturated carbocycles. The number of anilines is 1. The van der Waals surface area contributed by atoms with Gasteiger partial charge in [0, 0.05) is 12.2 Å². The Bertz CT molecular complexity index is 695. The van der Waals surface area contributed by atoms with Crippen LogP contribution in [0.3, 0.4) is 0 Å². The summed E-state index contributed by atoms with van der Waals surface area (Å²) in [5, 5.41) is 21.2. The van der Waals surface area contributed by atoms with Gasteiger partial charge in [-0.3, -0.25) is 0 Å². The number of carbonyl (C=O) groups excluding carboxylic acids is 1. The molecular formula is C12H12N5O2S-. The van der Waals surface area contributed by atoms with E-state index in [0.29, 0.717) is 17.7 Å². The maximum absolute atomic E-state index is 11.2. The smallest absolute Gasteiger partial charge is 0.242 e. The lowest BCUT2D eigenvalue weighted by atomic mass is 10.2. The molecule has 0 spiro atoms. The Labute approximate surface area is 119 Å². The summed E-state index contributed by atoms with van der Waals surface area (Å²) in [5.41, 5.74) is 1.59. The van der Waals surface area contributed by atoms with E-state index in [2.05, 4.69) is 15.5 Å². The number of tetrazole rings is 1. The van der Waals surface area contributed by atoms with Gasteiger partial charge in [0.15, 0.2) is 0 Å². The Hall–Kier alpha value is -2.22. The van der Waals surface area contributed by atoms with Gasteiger partial charge in [-0.1, -0.05) is 16.4 Å². The van der Waals surface area contributed by atoms with E-state index >= 15 is 0 Å². The number of hydrogen-bond donors (Lipinski definition) is 1. The molecule has 0 bridgehead atoms. The Morgan fingerprint density at radius 2 is 2.25 bits per heavy atom. The molecule has 2 heterocycles. The van der Waals surface area contributed by atoms with Crippen LogP contribution in [0.15, 0.2) is 24.3 Å². The Kier molecular flexibility index (Phi) is 3.23. The molecule has 104 valence electrons. The molecule has 0 aliphatic carbocycles. The molecule has 0 radical (unpaired) electrons. The SMILES string of the molecule is O=C([O-])C1CCCN1c1cccc(-n2[nH]nnc2=S)c1. The number of aromatic amines is 1. The van der Waals surface area contributed by atoms with Crippen molar-refractivity contribution in [3.63, 3.8) is 0 Å². The zero-order valence-corrected chi connectivity index (χ0v) is 11.3. The van der Waals surface area contributed by atoms with E-state index in [9.17, 15) is 9.90 Å². The van der Waals surface area contributed by atoms with Crippen LogP contribution in [0.2, 0.25) is 0 Å². The van der Waals surface area contributed by atoms with Gasteiger partial charge in [-0.25, -0.2) is 4.68 Å². The van der Waals surface area contributed by atoms with Crippen LogP contribution in [0.4, 0.5) is 5.69 Å². The summed E-state index contributed by atoms with van der Waals surface area (Å²) in [6.45, 7) is 0.703. The zero-order chi connectivity index (χ0) is 14.1. The van der Waals surface area contributed by atoms with E-state index in [-0.39, 0.29) is 0 Å². The first-order valence-electron chi connectivity index (χ1n) is 6.25. The quantitative estimate of drug-likeness (QED) is 0.803. The highest BCUT2D eigenvalue weighted by Gasteiger charge is 2.25. The van der Waals surface area contributed by atoms with Crippen molar-refractivity contribution < 1.29 is 9.90 Å². The number of aliphatic carboxylic acids is 1. The molecule has 2 aromatic rings. The minimum Gasteiger partial charge on any atom is -0.548 e. The van der Waals surface area contributed by atoms with Crippen molar-refractivity contribution in [2.75, 3.05) is 11.4 Å². The van der Waals surface area contributed by atoms with Gasteiger partial charge in [-0.15, -0.1) is 0 Å². The highest BCUT2D eigenvalue weighted by molar-refractivity contribution is 7.71. The normalized spacial score (nSPS) is 18.4. The first-order valence-corrected chi connectivity index (χ1v) is 6.65. The summed E-state index contributed by atoms with van der Waals surface area (Å²) in [5.74, 6) is -1.03. The fourth-order valence-corrected chi connectivity index (χ4v) is 2.68. The monoisotopic (exact) mass is 290 g/mol. The highest BCUT2D eigenvalue weighted by Crippen LogP contribution is 2.26. The van der Waals surface area contributed by atoms with Crippen LogP contribution in [0.1, 0.15) is 12.8 Å². The molecule has 1 unspecified atom stereocenters. The average Bonchev–Trinajstić information content (AvgIpc) is 3.07. The average molecular weight is 290 g/mol. The molecule has 8 heteroatoms. The second-order valence-corrected chi connectivity index (χ2v) is 4.97. The molecule has 7 nitrogen and oxygen atoms in total. The Morgan fingerprint density at radius 3 is 2.95 bits per heavy atom. The lowest BCUT2D eigenvalue weighted by Crippen LogP contribution is -2.44. The highest BCUT2D eigenvalue weighted by atomic mass is 32.1. The molecule has 3 rings (SSSR count). The van der Waals surface area contributed by atoms with E-state index in [0.717, 1.165) is 17.8 Å². The maximum atomic E-state index is 11.2. The van der Waals surface area contributed by atoms with E-state index in [4.69, 9.17) is 12.2 Å². The third-order valence-electron chi connectivity index (χ3n) is 3.42. The Balaban J connectivity index is 1.98. The largest absolute Gasteiger partial charge is 0.548 e. The number of hydrogen-bond acceptors (Lipinski definition) is 6. The molecule has 1 N–H and O–H groups in total. The second-order valence-electron chi connectivity index (χ2n) is 4.61. The van der Waals surface area contributed by atoms with Crippen molar-refractivity contribution in [3.05, 3.63) is 29.0 Å². The number of benzene rings is 1. The summed E-state index contributed by atoms with van der Waals surface area (Å²) in [6.07, 6.45) is 1.45. The molecule has 1 atom stereocenters. The van der Waals surface area contributed by atoms with E-state index in [1.165, 1.54) is 0 Å². The van der Waals surface area contributed by atoms with Crippen LogP contribution in [-0.2, 0) is 4.79 Å². The minimum atomic E-state index is -1.03. The Morgan fingerprint density at radius 1 is 1.45 bits per heavy atom. The summed E-state index contributed by atoms with van der Waals surface area (Å²) in [4.78, 5) is 13.0. The molecule has 20 heavy (non-hydrogen) atoms. The summed E-state index contributed by atoms with van der Waals surface area (Å²) in [7, 11) is 0. The molecule has 0 amide bonds. The van der Waals surface area contributed by atoms with Gasteiger partial charge in [0.2, 0.25) is 4.77 Å². The predicted molar refractivity (Wildman–Crippen MR) is 71.9 cm³/mol. The van der Waals surface area contributed by atoms with Crippen LogP contribution in [-0.4, -0.2) is 38.8 Å². The molecule has 1 aromatic carbocycles. The zero-order valence-electron chi connectivity index (χ0n) is 10.5. The van der Waals surface area contributed by atoms with Crippen molar-refractivity contribution in [2.45, 2.75) is 18.9 Å². The first-order chi connectivity index (χ1) is 9.66. The summed E-state index contributed by atoms with van der Waals surface area (Å²) < 4.78 is 1.88. The van der Waals surface area contributed by atoms with E-state index in [1.54, 1.807) is 4.68 Å². The number of nitrogens with one attached hydrogen (secondary N) is 1. The molecule has 1 aliphatic rings. The standard InChI is InChI=1S/C12H13N5O2S/c18-11(19)10-5-2-6-16(10)8-3-1-4-9(7-8)17-12(20)13-14-15-17/h1,3-4,7,10H,2,5-6H2,(H,18,19)(H,13,15,20)/p-1. The number of carboxylic acid groups (broad SMARTS) is 1. The third kappa shape index (κ3) is 2.18. The maximum Gasteiger partial charge on any atom is 0.242 e. The molecule has 1 aromatic heterocycles. The van der Waals surface area contributed by atoms with Crippen LogP contribution in [0, 0.1) is 4.77 Å². The first kappa shape index (κ1) is 12.8. The van der Waals surface area contributed by atoms with Crippen molar-refractivity contribution >= 4 is 23.9 Å². The van der Waals surface area contributed by atoms with E-state index in [1.807, 2.05) is 29.2 Å². The van der Waals surface area contributed by atoms with Gasteiger partial charge < -0.3 is 14.8 Å². The van der Waals surface area contributed by atoms with Crippen molar-refractivity contribution in [1.29, 1.82) is 0 Å². The van der Waals surface area contributed by atoms with Crippen LogP contribution in [0.5, 0.6) is 0 Å². The second kappa shape index (κ2) is 5.04.